The van der Waals surface area contributed by atoms with Gasteiger partial charge in [-0.1, -0.05) is 0 Å². The number of anilines is 2. The lowest BCUT2D eigenvalue weighted by atomic mass is 10.1. The third-order valence-corrected chi connectivity index (χ3v) is 2.66. The number of benzene rings is 1. The first-order valence-corrected chi connectivity index (χ1v) is 5.25. The number of carbonyl (C=O) groups is 1. The van der Waals surface area contributed by atoms with Crippen LogP contribution >= 0.6 is 0 Å². The van der Waals surface area contributed by atoms with Gasteiger partial charge >= 0.3 is 0 Å². The van der Waals surface area contributed by atoms with Crippen LogP contribution in [0.4, 0.5) is 11.4 Å². The van der Waals surface area contributed by atoms with E-state index in [9.17, 15) is 4.79 Å². The summed E-state index contributed by atoms with van der Waals surface area (Å²) in [6, 6.07) is 5.31. The van der Waals surface area contributed by atoms with Crippen LogP contribution in [0.3, 0.4) is 0 Å². The maximum atomic E-state index is 11.8. The molecule has 0 aliphatic carbocycles. The van der Waals surface area contributed by atoms with Crippen molar-refractivity contribution in [2.24, 2.45) is 0 Å². The van der Waals surface area contributed by atoms with Crippen molar-refractivity contribution in [3.63, 3.8) is 0 Å². The van der Waals surface area contributed by atoms with Gasteiger partial charge in [-0.3, -0.25) is 9.89 Å². The number of nitrogens with two attached hydrogens (primary N) is 1. The summed E-state index contributed by atoms with van der Waals surface area (Å²) >= 11 is 0. The highest BCUT2D eigenvalue weighted by atomic mass is 16.1. The summed E-state index contributed by atoms with van der Waals surface area (Å²) in [4.78, 5) is 11.8. The minimum absolute atomic E-state index is 0.252. The van der Waals surface area contributed by atoms with Crippen LogP contribution in [0.25, 0.3) is 0 Å². The molecule has 1 heterocycles. The first-order valence-electron chi connectivity index (χ1n) is 5.25. The Balaban J connectivity index is 2.25. The summed E-state index contributed by atoms with van der Waals surface area (Å²) in [5, 5.41) is 9.07. The maximum absolute atomic E-state index is 11.8. The van der Waals surface area contributed by atoms with Crippen molar-refractivity contribution in [2.75, 3.05) is 11.1 Å². The van der Waals surface area contributed by atoms with Crippen LogP contribution in [-0.2, 0) is 0 Å². The average molecular weight is 230 g/mol. The number of aromatic amines is 1. The summed E-state index contributed by atoms with van der Waals surface area (Å²) in [7, 11) is 0. The van der Waals surface area contributed by atoms with Gasteiger partial charge < -0.3 is 11.1 Å². The number of H-pyrrole nitrogens is 1. The van der Waals surface area contributed by atoms with Gasteiger partial charge in [0.25, 0.3) is 5.91 Å². The predicted molar refractivity (Wildman–Crippen MR) is 66.9 cm³/mol. The number of aryl methyl sites for hydroxylation is 2. The second-order valence-corrected chi connectivity index (χ2v) is 3.95. The molecule has 0 saturated carbocycles. The predicted octanol–water partition coefficient (Wildman–Crippen LogP) is 1.86. The monoisotopic (exact) mass is 230 g/mol. The second-order valence-electron chi connectivity index (χ2n) is 3.95. The van der Waals surface area contributed by atoms with E-state index in [-0.39, 0.29) is 5.91 Å². The molecule has 5 nitrogen and oxygen atoms in total. The molecule has 0 radical (unpaired) electrons. The van der Waals surface area contributed by atoms with Crippen molar-refractivity contribution >= 4 is 17.3 Å². The number of hydrogen-bond acceptors (Lipinski definition) is 3. The van der Waals surface area contributed by atoms with Crippen molar-refractivity contribution in [1.82, 2.24) is 10.2 Å². The number of aromatic nitrogens is 2. The van der Waals surface area contributed by atoms with E-state index in [0.717, 1.165) is 11.1 Å². The van der Waals surface area contributed by atoms with Gasteiger partial charge in [0.05, 0.1) is 11.4 Å². The fraction of sp³-hybridized carbons (Fsp3) is 0.167. The summed E-state index contributed by atoms with van der Waals surface area (Å²) in [5.41, 5.74) is 9.61. The molecule has 1 amide bonds. The van der Waals surface area contributed by atoms with E-state index < -0.39 is 0 Å². The molecule has 0 atom stereocenters. The van der Waals surface area contributed by atoms with Crippen molar-refractivity contribution in [3.05, 3.63) is 41.2 Å². The number of hydrogen-bond donors (Lipinski definition) is 3. The van der Waals surface area contributed by atoms with Gasteiger partial charge in [-0.05, 0) is 43.2 Å². The molecule has 0 spiro atoms. The Bertz CT molecular complexity index is 546. The van der Waals surface area contributed by atoms with Crippen LogP contribution in [0.1, 0.15) is 21.6 Å². The highest BCUT2D eigenvalue weighted by molar-refractivity contribution is 6.04. The van der Waals surface area contributed by atoms with E-state index in [0.29, 0.717) is 17.1 Å². The number of nitrogens with one attached hydrogen (secondary N) is 2. The SMILES string of the molecule is Cc1cc(N)c(NC(=O)c2ccn[nH]2)cc1C. The lowest BCUT2D eigenvalue weighted by Gasteiger charge is -2.10. The summed E-state index contributed by atoms with van der Waals surface area (Å²) < 4.78 is 0. The Morgan fingerprint density at radius 2 is 2.06 bits per heavy atom. The molecule has 0 saturated heterocycles. The largest absolute Gasteiger partial charge is 0.397 e. The molecule has 2 aromatic rings. The van der Waals surface area contributed by atoms with Gasteiger partial charge in [0.15, 0.2) is 0 Å². The van der Waals surface area contributed by atoms with E-state index in [4.69, 9.17) is 5.73 Å². The highest BCUT2D eigenvalue weighted by Gasteiger charge is 2.09. The Kier molecular flexibility index (Phi) is 2.82. The van der Waals surface area contributed by atoms with Gasteiger partial charge in [-0.15, -0.1) is 0 Å². The van der Waals surface area contributed by atoms with Crippen LogP contribution in [0.2, 0.25) is 0 Å². The minimum Gasteiger partial charge on any atom is -0.397 e. The highest BCUT2D eigenvalue weighted by Crippen LogP contribution is 2.23. The topological polar surface area (TPSA) is 83.8 Å². The molecule has 1 aromatic carbocycles. The molecule has 2 rings (SSSR count). The first-order chi connectivity index (χ1) is 8.08. The van der Waals surface area contributed by atoms with Crippen molar-refractivity contribution < 1.29 is 4.79 Å². The smallest absolute Gasteiger partial charge is 0.273 e. The normalized spacial score (nSPS) is 10.2. The van der Waals surface area contributed by atoms with Crippen LogP contribution in [0, 0.1) is 13.8 Å². The van der Waals surface area contributed by atoms with Gasteiger partial charge in [-0.2, -0.15) is 5.10 Å². The number of nitrogens with zero attached hydrogens (tertiary/aromatic N) is 1. The number of rotatable bonds is 2. The van der Waals surface area contributed by atoms with Gasteiger partial charge in [0.1, 0.15) is 5.69 Å². The fourth-order valence-electron chi connectivity index (χ4n) is 1.52. The number of nitrogen functional groups attached to an aromatic ring is 1. The lowest BCUT2D eigenvalue weighted by Crippen LogP contribution is -2.14. The van der Waals surface area contributed by atoms with Crippen LogP contribution in [0.5, 0.6) is 0 Å². The molecule has 1 aromatic heterocycles. The molecule has 0 bridgehead atoms. The molecule has 4 N–H and O–H groups in total. The third-order valence-electron chi connectivity index (χ3n) is 2.66. The summed E-state index contributed by atoms with van der Waals surface area (Å²) in [6.07, 6.45) is 1.53. The van der Waals surface area contributed by atoms with Gasteiger partial charge in [0.2, 0.25) is 0 Å². The fourth-order valence-corrected chi connectivity index (χ4v) is 1.52. The Morgan fingerprint density at radius 1 is 1.35 bits per heavy atom. The van der Waals surface area contributed by atoms with Crippen molar-refractivity contribution in [1.29, 1.82) is 0 Å². The summed E-state index contributed by atoms with van der Waals surface area (Å²) in [5.74, 6) is -0.252. The molecule has 0 aliphatic rings. The van der Waals surface area contributed by atoms with E-state index in [2.05, 4.69) is 15.5 Å². The number of carbonyl (C=O) groups excluding carboxylic acids is 1. The summed E-state index contributed by atoms with van der Waals surface area (Å²) in [6.45, 7) is 3.95. The van der Waals surface area contributed by atoms with Crippen molar-refractivity contribution in [2.45, 2.75) is 13.8 Å². The zero-order valence-electron chi connectivity index (χ0n) is 9.74. The number of amides is 1. The quantitative estimate of drug-likeness (QED) is 0.688. The zero-order valence-corrected chi connectivity index (χ0v) is 9.74. The molecular formula is C12H14N4O. The van der Waals surface area contributed by atoms with E-state index in [1.807, 2.05) is 26.0 Å². The van der Waals surface area contributed by atoms with Gasteiger partial charge in [-0.25, -0.2) is 0 Å². The van der Waals surface area contributed by atoms with Crippen LogP contribution < -0.4 is 11.1 Å². The Labute approximate surface area is 99.0 Å². The molecule has 0 aliphatic heterocycles. The van der Waals surface area contributed by atoms with E-state index in [1.165, 1.54) is 6.20 Å². The minimum atomic E-state index is -0.252. The molecular weight excluding hydrogens is 216 g/mol. The lowest BCUT2D eigenvalue weighted by molar-refractivity contribution is 0.102. The van der Waals surface area contributed by atoms with Crippen LogP contribution in [-0.4, -0.2) is 16.1 Å². The molecule has 0 unspecified atom stereocenters. The Hall–Kier alpha value is -2.30. The third kappa shape index (κ3) is 2.28. The standard InChI is InChI=1S/C12H14N4O/c1-7-5-9(13)11(6-8(7)2)15-12(17)10-3-4-14-16-10/h3-6H,13H2,1-2H3,(H,14,16)(H,15,17). The first kappa shape index (κ1) is 11.2. The van der Waals surface area contributed by atoms with E-state index >= 15 is 0 Å². The second kappa shape index (κ2) is 4.29. The Morgan fingerprint density at radius 3 is 2.71 bits per heavy atom. The van der Waals surface area contributed by atoms with E-state index in [1.54, 1.807) is 6.07 Å². The zero-order chi connectivity index (χ0) is 12.4. The maximum Gasteiger partial charge on any atom is 0.273 e. The molecule has 5 heteroatoms. The molecule has 0 fully saturated rings. The average Bonchev–Trinajstić information content (AvgIpc) is 2.79. The van der Waals surface area contributed by atoms with Crippen LogP contribution in [0.15, 0.2) is 24.4 Å². The molecule has 17 heavy (non-hydrogen) atoms. The van der Waals surface area contributed by atoms with Crippen molar-refractivity contribution in [3.8, 4) is 0 Å². The van der Waals surface area contributed by atoms with Gasteiger partial charge in [0, 0.05) is 6.20 Å². The molecule has 88 valence electrons.